The number of fused-ring (bicyclic) bond motifs is 1. The number of benzene rings is 2. The number of non-ortho nitro benzene ring substituents is 1. The van der Waals surface area contributed by atoms with Crippen molar-refractivity contribution in [3.05, 3.63) is 72.3 Å². The van der Waals surface area contributed by atoms with Crippen molar-refractivity contribution in [2.75, 3.05) is 4.31 Å². The van der Waals surface area contributed by atoms with Crippen LogP contribution in [0.25, 0.3) is 0 Å². The number of nitrogens with zero attached hydrogens (tertiary/aromatic N) is 5. The molecule has 0 aromatic heterocycles. The lowest BCUT2D eigenvalue weighted by atomic mass is 10.1. The summed E-state index contributed by atoms with van der Waals surface area (Å²) in [7, 11) is 0. The number of para-hydroxylation sites is 1. The third kappa shape index (κ3) is 3.46. The quantitative estimate of drug-likeness (QED) is 0.404. The summed E-state index contributed by atoms with van der Waals surface area (Å²) in [6, 6.07) is 8.61. The molecule has 11 nitrogen and oxygen atoms in total. The van der Waals surface area contributed by atoms with Crippen LogP contribution in [0, 0.1) is 30.3 Å². The molecule has 0 spiro atoms. The van der Waals surface area contributed by atoms with Crippen molar-refractivity contribution in [2.24, 2.45) is 0 Å². The van der Waals surface area contributed by atoms with Gasteiger partial charge in [-0.05, 0) is 25.5 Å². The first-order chi connectivity index (χ1) is 13.2. The molecule has 1 aliphatic rings. The van der Waals surface area contributed by atoms with E-state index >= 15 is 0 Å². The Morgan fingerprint density at radius 3 is 2.04 bits per heavy atom. The Kier molecular flexibility index (Phi) is 5.16. The summed E-state index contributed by atoms with van der Waals surface area (Å²) in [6.45, 7) is 4.40. The fourth-order valence-corrected chi connectivity index (χ4v) is 3.94. The fourth-order valence-electron chi connectivity index (χ4n) is 2.81. The molecule has 0 amide bonds. The maximum absolute atomic E-state index is 11.7. The topological polar surface area (TPSA) is 136 Å². The van der Waals surface area contributed by atoms with Gasteiger partial charge in [0, 0.05) is 24.7 Å². The normalized spacial score (nSPS) is 14.0. The van der Waals surface area contributed by atoms with E-state index in [1.807, 2.05) is 30.3 Å². The minimum Gasteiger partial charge on any atom is -0.258 e. The van der Waals surface area contributed by atoms with E-state index in [4.69, 9.17) is 0 Å². The van der Waals surface area contributed by atoms with Crippen molar-refractivity contribution in [3.8, 4) is 0 Å². The second kappa shape index (κ2) is 7.40. The van der Waals surface area contributed by atoms with Crippen LogP contribution in [0.1, 0.15) is 19.4 Å². The van der Waals surface area contributed by atoms with Gasteiger partial charge in [-0.15, -0.1) is 0 Å². The smallest absolute Gasteiger partial charge is 0.258 e. The first-order valence-corrected chi connectivity index (χ1v) is 8.87. The van der Waals surface area contributed by atoms with Crippen LogP contribution in [0.2, 0.25) is 0 Å². The molecule has 0 aliphatic carbocycles. The lowest BCUT2D eigenvalue weighted by molar-refractivity contribution is -0.402. The van der Waals surface area contributed by atoms with Crippen LogP contribution in [0.3, 0.4) is 0 Å². The van der Waals surface area contributed by atoms with Gasteiger partial charge in [0.05, 0.1) is 32.6 Å². The summed E-state index contributed by atoms with van der Waals surface area (Å²) in [5.41, 5.74) is -1.02. The van der Waals surface area contributed by atoms with Crippen LogP contribution < -0.4 is 4.31 Å². The number of nitro groups is 3. The van der Waals surface area contributed by atoms with E-state index in [2.05, 4.69) is 0 Å². The van der Waals surface area contributed by atoms with Gasteiger partial charge in [-0.25, -0.2) is 4.31 Å². The Labute approximate surface area is 163 Å². The zero-order valence-electron chi connectivity index (χ0n) is 14.8. The molecule has 0 saturated heterocycles. The highest BCUT2D eigenvalue weighted by Crippen LogP contribution is 2.50. The first-order valence-electron chi connectivity index (χ1n) is 8.14. The van der Waals surface area contributed by atoms with Crippen LogP contribution in [0.15, 0.2) is 36.4 Å². The standard InChI is InChI=1S/C16H15N5O6S/c1-10(2)17-9-11-5-3-4-6-13(11)18(28-17)16-14(20(24)25)7-12(19(22)23)8-15(16)21(26)27/h3-8,10H,9H2,1-2H3. The van der Waals surface area contributed by atoms with Crippen molar-refractivity contribution in [1.82, 2.24) is 4.31 Å². The van der Waals surface area contributed by atoms with Crippen LogP contribution >= 0.6 is 12.1 Å². The van der Waals surface area contributed by atoms with Crippen molar-refractivity contribution in [1.29, 1.82) is 0 Å². The predicted octanol–water partition coefficient (Wildman–Crippen LogP) is 4.34. The Morgan fingerprint density at radius 2 is 1.54 bits per heavy atom. The number of rotatable bonds is 5. The summed E-state index contributed by atoms with van der Waals surface area (Å²) >= 11 is 1.10. The molecule has 0 radical (unpaired) electrons. The van der Waals surface area contributed by atoms with Gasteiger partial charge in [-0.3, -0.25) is 34.6 Å². The molecule has 0 unspecified atom stereocenters. The number of anilines is 2. The lowest BCUT2D eigenvalue weighted by Crippen LogP contribution is -2.33. The lowest BCUT2D eigenvalue weighted by Gasteiger charge is -2.37. The monoisotopic (exact) mass is 405 g/mol. The molecule has 146 valence electrons. The minimum absolute atomic E-state index is 0.0389. The highest BCUT2D eigenvalue weighted by atomic mass is 32.2. The first kappa shape index (κ1) is 19.5. The van der Waals surface area contributed by atoms with Crippen molar-refractivity contribution < 1.29 is 14.8 Å². The summed E-state index contributed by atoms with van der Waals surface area (Å²) in [5, 5.41) is 34.4. The summed E-state index contributed by atoms with van der Waals surface area (Å²) in [4.78, 5) is 31.8. The van der Waals surface area contributed by atoms with Gasteiger partial charge in [0.1, 0.15) is 0 Å². The minimum atomic E-state index is -0.887. The third-order valence-electron chi connectivity index (χ3n) is 4.16. The van der Waals surface area contributed by atoms with E-state index in [1.165, 1.54) is 4.31 Å². The van der Waals surface area contributed by atoms with Crippen molar-refractivity contribution in [3.63, 3.8) is 0 Å². The molecule has 2 aromatic rings. The molecule has 1 heterocycles. The molecule has 0 fully saturated rings. The Morgan fingerprint density at radius 1 is 0.964 bits per heavy atom. The number of hydrogen-bond donors (Lipinski definition) is 0. The van der Waals surface area contributed by atoms with Gasteiger partial charge in [-0.1, -0.05) is 18.2 Å². The summed E-state index contributed by atoms with van der Waals surface area (Å²) < 4.78 is 3.32. The van der Waals surface area contributed by atoms with Gasteiger partial charge in [0.15, 0.2) is 0 Å². The van der Waals surface area contributed by atoms with Gasteiger partial charge in [-0.2, -0.15) is 0 Å². The molecule has 0 atom stereocenters. The number of hydrogen-bond acceptors (Lipinski definition) is 9. The summed E-state index contributed by atoms with van der Waals surface area (Å²) in [5.74, 6) is 0. The summed E-state index contributed by atoms with van der Waals surface area (Å²) in [6.07, 6.45) is 0. The second-order valence-corrected chi connectivity index (χ2v) is 7.28. The largest absolute Gasteiger partial charge is 0.307 e. The van der Waals surface area contributed by atoms with Gasteiger partial charge in [0.2, 0.25) is 5.69 Å². The average Bonchev–Trinajstić information content (AvgIpc) is 2.65. The van der Waals surface area contributed by atoms with Crippen LogP contribution in [-0.2, 0) is 6.54 Å². The fraction of sp³-hybridized carbons (Fsp3) is 0.250. The molecule has 0 bridgehead atoms. The molecule has 12 heteroatoms. The molecule has 28 heavy (non-hydrogen) atoms. The average molecular weight is 405 g/mol. The molecule has 2 aromatic carbocycles. The Hall–Kier alpha value is -3.25. The number of nitro benzene ring substituents is 3. The van der Waals surface area contributed by atoms with E-state index in [1.54, 1.807) is 12.1 Å². The Bertz CT molecular complexity index is 947. The van der Waals surface area contributed by atoms with E-state index in [0.29, 0.717) is 12.2 Å². The molecule has 0 N–H and O–H groups in total. The van der Waals surface area contributed by atoms with Crippen LogP contribution in [0.5, 0.6) is 0 Å². The van der Waals surface area contributed by atoms with Crippen molar-refractivity contribution in [2.45, 2.75) is 26.4 Å². The molecular formula is C16H15N5O6S. The molecule has 1 aliphatic heterocycles. The van der Waals surface area contributed by atoms with Gasteiger partial charge < -0.3 is 0 Å². The van der Waals surface area contributed by atoms with E-state index in [9.17, 15) is 30.3 Å². The van der Waals surface area contributed by atoms with E-state index < -0.39 is 31.8 Å². The Balaban J connectivity index is 2.31. The second-order valence-electron chi connectivity index (χ2n) is 6.28. The zero-order chi connectivity index (χ0) is 20.6. The van der Waals surface area contributed by atoms with E-state index in [0.717, 1.165) is 29.8 Å². The van der Waals surface area contributed by atoms with Gasteiger partial charge in [0.25, 0.3) is 5.69 Å². The molecular weight excluding hydrogens is 390 g/mol. The molecule has 0 saturated carbocycles. The van der Waals surface area contributed by atoms with Crippen LogP contribution in [0.4, 0.5) is 28.4 Å². The van der Waals surface area contributed by atoms with Crippen LogP contribution in [-0.4, -0.2) is 25.1 Å². The maximum Gasteiger partial charge on any atom is 0.307 e. The highest BCUT2D eigenvalue weighted by molar-refractivity contribution is 7.98. The molecule has 3 rings (SSSR count). The predicted molar refractivity (Wildman–Crippen MR) is 103 cm³/mol. The van der Waals surface area contributed by atoms with Crippen molar-refractivity contribution >= 4 is 40.6 Å². The maximum atomic E-state index is 11.7. The third-order valence-corrected chi connectivity index (χ3v) is 5.46. The highest BCUT2D eigenvalue weighted by Gasteiger charge is 2.38. The van der Waals surface area contributed by atoms with E-state index in [-0.39, 0.29) is 11.7 Å². The SMILES string of the molecule is CC(C)N1Cc2ccccc2N(c2c([N+](=O)[O-])cc([N+](=O)[O-])cc2[N+](=O)[O-])S1. The van der Waals surface area contributed by atoms with Gasteiger partial charge >= 0.3 is 11.4 Å². The zero-order valence-corrected chi connectivity index (χ0v) is 15.7.